The molecule has 0 saturated heterocycles. The third-order valence-corrected chi connectivity index (χ3v) is 2.84. The Morgan fingerprint density at radius 1 is 1.19 bits per heavy atom. The van der Waals surface area contributed by atoms with Crippen molar-refractivity contribution >= 4 is 0 Å². The molecular formula is C14H19NO. The molecule has 1 aromatic rings. The van der Waals surface area contributed by atoms with Crippen molar-refractivity contribution in [3.63, 3.8) is 0 Å². The Hall–Kier alpha value is -1.49. The molecule has 1 aromatic carbocycles. The molecule has 1 rings (SSSR count). The first kappa shape index (κ1) is 12.6. The highest BCUT2D eigenvalue weighted by atomic mass is 16.5. The molecule has 0 unspecified atom stereocenters. The molecule has 2 heteroatoms. The smallest absolute Gasteiger partial charge is 0.119 e. The zero-order valence-corrected chi connectivity index (χ0v) is 10.0. The second-order valence-corrected chi connectivity index (χ2v) is 3.91. The fourth-order valence-electron chi connectivity index (χ4n) is 1.84. The topological polar surface area (TPSA) is 33.0 Å². The molecule has 0 heterocycles. The fourth-order valence-corrected chi connectivity index (χ4v) is 1.84. The Bertz CT molecular complexity index is 328. The van der Waals surface area contributed by atoms with Crippen LogP contribution in [0.1, 0.15) is 33.1 Å². The van der Waals surface area contributed by atoms with Gasteiger partial charge in [0.2, 0.25) is 0 Å². The van der Waals surface area contributed by atoms with E-state index in [1.165, 1.54) is 0 Å². The first-order chi connectivity index (χ1) is 7.81. The maximum absolute atomic E-state index is 8.77. The van der Waals surface area contributed by atoms with Crippen LogP contribution in [0.3, 0.4) is 0 Å². The predicted octanol–water partition coefficient (Wildman–Crippen LogP) is 3.78. The highest BCUT2D eigenvalue weighted by Gasteiger charge is 2.19. The first-order valence-corrected chi connectivity index (χ1v) is 5.90. The van der Waals surface area contributed by atoms with Crippen LogP contribution >= 0.6 is 0 Å². The zero-order chi connectivity index (χ0) is 11.8. The van der Waals surface area contributed by atoms with Crippen molar-refractivity contribution in [3.8, 4) is 11.8 Å². The Morgan fingerprint density at radius 2 is 1.88 bits per heavy atom. The molecule has 0 spiro atoms. The summed E-state index contributed by atoms with van der Waals surface area (Å²) in [5.41, 5.74) is 0. The monoisotopic (exact) mass is 217 g/mol. The molecule has 0 bridgehead atoms. The first-order valence-electron chi connectivity index (χ1n) is 5.90. The van der Waals surface area contributed by atoms with Crippen molar-refractivity contribution in [2.24, 2.45) is 5.92 Å². The standard InChI is InChI=1S/C14H19NO/c1-3-12(10-11-15)14(4-2)16-13-8-6-5-7-9-13/h5-9,12,14H,3-4,10H2,1-2H3/t12-,14-/m1/s1. The van der Waals surface area contributed by atoms with Gasteiger partial charge in [0.15, 0.2) is 0 Å². The van der Waals surface area contributed by atoms with Gasteiger partial charge in [0.05, 0.1) is 6.07 Å². The largest absolute Gasteiger partial charge is 0.490 e. The molecule has 2 nitrogen and oxygen atoms in total. The van der Waals surface area contributed by atoms with Gasteiger partial charge in [0.25, 0.3) is 0 Å². The number of hydrogen-bond acceptors (Lipinski definition) is 2. The van der Waals surface area contributed by atoms with E-state index in [1.54, 1.807) is 0 Å². The summed E-state index contributed by atoms with van der Waals surface area (Å²) in [5, 5.41) is 8.77. The van der Waals surface area contributed by atoms with Gasteiger partial charge < -0.3 is 4.74 Å². The molecule has 16 heavy (non-hydrogen) atoms. The summed E-state index contributed by atoms with van der Waals surface area (Å²) in [6.45, 7) is 4.21. The molecule has 0 fully saturated rings. The highest BCUT2D eigenvalue weighted by Crippen LogP contribution is 2.22. The SMILES string of the molecule is CC[C@H](CC#N)[C@@H](CC)Oc1ccccc1. The van der Waals surface area contributed by atoms with Gasteiger partial charge in [-0.2, -0.15) is 5.26 Å². The lowest BCUT2D eigenvalue weighted by atomic mass is 9.94. The summed E-state index contributed by atoms with van der Waals surface area (Å²) in [7, 11) is 0. The van der Waals surface area contributed by atoms with E-state index in [0.29, 0.717) is 12.3 Å². The van der Waals surface area contributed by atoms with Gasteiger partial charge in [-0.25, -0.2) is 0 Å². The molecule has 0 aliphatic heterocycles. The van der Waals surface area contributed by atoms with E-state index in [2.05, 4.69) is 19.9 Å². The molecule has 0 amide bonds. The van der Waals surface area contributed by atoms with E-state index in [0.717, 1.165) is 18.6 Å². The molecule has 0 aromatic heterocycles. The Kier molecular flexibility index (Phi) is 5.42. The second kappa shape index (κ2) is 6.90. The van der Waals surface area contributed by atoms with Crippen molar-refractivity contribution in [2.45, 2.75) is 39.2 Å². The number of rotatable bonds is 6. The molecule has 0 N–H and O–H groups in total. The van der Waals surface area contributed by atoms with Crippen LogP contribution in [0.4, 0.5) is 0 Å². The van der Waals surface area contributed by atoms with Crippen molar-refractivity contribution in [3.05, 3.63) is 30.3 Å². The van der Waals surface area contributed by atoms with Gasteiger partial charge in [-0.15, -0.1) is 0 Å². The summed E-state index contributed by atoms with van der Waals surface area (Å²) in [6.07, 6.45) is 2.64. The molecule has 2 atom stereocenters. The third kappa shape index (κ3) is 3.58. The number of para-hydroxylation sites is 1. The average molecular weight is 217 g/mol. The van der Waals surface area contributed by atoms with Crippen LogP contribution in [0.25, 0.3) is 0 Å². The number of benzene rings is 1. The lowest BCUT2D eigenvalue weighted by Crippen LogP contribution is -2.25. The van der Waals surface area contributed by atoms with E-state index in [9.17, 15) is 0 Å². The van der Waals surface area contributed by atoms with Crippen LogP contribution in [0.5, 0.6) is 5.75 Å². The van der Waals surface area contributed by atoms with E-state index in [4.69, 9.17) is 10.00 Å². The Balaban J connectivity index is 2.64. The fraction of sp³-hybridized carbons (Fsp3) is 0.500. The number of ether oxygens (including phenoxy) is 1. The Morgan fingerprint density at radius 3 is 2.38 bits per heavy atom. The maximum Gasteiger partial charge on any atom is 0.119 e. The summed E-state index contributed by atoms with van der Waals surface area (Å²) in [4.78, 5) is 0. The van der Waals surface area contributed by atoms with Crippen LogP contribution in [-0.4, -0.2) is 6.10 Å². The lowest BCUT2D eigenvalue weighted by molar-refractivity contribution is 0.128. The minimum Gasteiger partial charge on any atom is -0.490 e. The van der Waals surface area contributed by atoms with E-state index < -0.39 is 0 Å². The van der Waals surface area contributed by atoms with E-state index in [1.807, 2.05) is 30.3 Å². The molecule has 0 aliphatic carbocycles. The van der Waals surface area contributed by atoms with Crippen LogP contribution in [0.2, 0.25) is 0 Å². The van der Waals surface area contributed by atoms with Crippen molar-refractivity contribution in [1.29, 1.82) is 5.26 Å². The number of hydrogen-bond donors (Lipinski definition) is 0. The van der Waals surface area contributed by atoms with Gasteiger partial charge in [-0.1, -0.05) is 32.0 Å². The van der Waals surface area contributed by atoms with Crippen molar-refractivity contribution in [1.82, 2.24) is 0 Å². The summed E-state index contributed by atoms with van der Waals surface area (Å²) in [6, 6.07) is 12.1. The van der Waals surface area contributed by atoms with Crippen LogP contribution < -0.4 is 4.74 Å². The quantitative estimate of drug-likeness (QED) is 0.726. The molecule has 86 valence electrons. The van der Waals surface area contributed by atoms with Gasteiger partial charge >= 0.3 is 0 Å². The van der Waals surface area contributed by atoms with Crippen molar-refractivity contribution < 1.29 is 4.74 Å². The molecule has 0 aliphatic rings. The zero-order valence-electron chi connectivity index (χ0n) is 10.0. The van der Waals surface area contributed by atoms with Crippen molar-refractivity contribution in [2.75, 3.05) is 0 Å². The lowest BCUT2D eigenvalue weighted by Gasteiger charge is -2.24. The maximum atomic E-state index is 8.77. The van der Waals surface area contributed by atoms with Gasteiger partial charge in [0.1, 0.15) is 11.9 Å². The highest BCUT2D eigenvalue weighted by molar-refractivity contribution is 5.21. The van der Waals surface area contributed by atoms with Crippen LogP contribution in [0, 0.1) is 17.2 Å². The number of nitriles is 1. The van der Waals surface area contributed by atoms with Gasteiger partial charge in [0, 0.05) is 12.3 Å². The third-order valence-electron chi connectivity index (χ3n) is 2.84. The minimum absolute atomic E-state index is 0.145. The molecular weight excluding hydrogens is 198 g/mol. The van der Waals surface area contributed by atoms with E-state index in [-0.39, 0.29) is 6.10 Å². The summed E-state index contributed by atoms with van der Waals surface area (Å²) >= 11 is 0. The van der Waals surface area contributed by atoms with Crippen LogP contribution in [0.15, 0.2) is 30.3 Å². The summed E-state index contributed by atoms with van der Waals surface area (Å²) < 4.78 is 5.92. The Labute approximate surface area is 97.9 Å². The minimum atomic E-state index is 0.145. The van der Waals surface area contributed by atoms with E-state index >= 15 is 0 Å². The van der Waals surface area contributed by atoms with Gasteiger partial charge in [-0.3, -0.25) is 0 Å². The number of nitrogens with zero attached hydrogens (tertiary/aromatic N) is 1. The van der Waals surface area contributed by atoms with Gasteiger partial charge in [-0.05, 0) is 25.0 Å². The normalized spacial score (nSPS) is 13.8. The average Bonchev–Trinajstić information content (AvgIpc) is 2.35. The summed E-state index contributed by atoms with van der Waals surface area (Å²) in [5.74, 6) is 1.22. The molecule has 0 radical (unpaired) electrons. The predicted molar refractivity (Wildman–Crippen MR) is 65.2 cm³/mol. The molecule has 0 saturated carbocycles. The second-order valence-electron chi connectivity index (χ2n) is 3.91. The van der Waals surface area contributed by atoms with Crippen LogP contribution in [-0.2, 0) is 0 Å².